The van der Waals surface area contributed by atoms with Gasteiger partial charge in [0.15, 0.2) is 0 Å². The van der Waals surface area contributed by atoms with Crippen molar-refractivity contribution >= 4 is 42.5 Å². The summed E-state index contributed by atoms with van der Waals surface area (Å²) in [5, 5.41) is 9.38. The summed E-state index contributed by atoms with van der Waals surface area (Å²) in [7, 11) is -1.69. The minimum Gasteiger partial charge on any atom is -0.108 e. The molecule has 1 aromatic carbocycles. The van der Waals surface area contributed by atoms with Gasteiger partial charge >= 0.3 is 0 Å². The molecule has 0 aliphatic carbocycles. The maximum Gasteiger partial charge on any atom is 0.0595 e. The molecule has 0 saturated carbocycles. The fraction of sp³-hybridized carbons (Fsp3) is 0.0769. The molecule has 82 valence electrons. The van der Waals surface area contributed by atoms with Crippen molar-refractivity contribution in [2.75, 3.05) is 0 Å². The molecule has 16 heavy (non-hydrogen) atoms. The third kappa shape index (κ3) is 2.77. The van der Waals surface area contributed by atoms with Crippen LogP contribution in [0.15, 0.2) is 31.4 Å². The average Bonchev–Trinajstić information content (AvgIpc) is 2.31. The lowest BCUT2D eigenvalue weighted by Gasteiger charge is -2.06. The molecule has 0 atom stereocenters. The molecule has 0 aromatic heterocycles. The van der Waals surface area contributed by atoms with Crippen LogP contribution in [0.5, 0.6) is 0 Å². The lowest BCUT2D eigenvalue weighted by Crippen LogP contribution is -1.86. The minimum atomic E-state index is -1.69. The van der Waals surface area contributed by atoms with Crippen molar-refractivity contribution in [3.05, 3.63) is 47.0 Å². The lowest BCUT2D eigenvalue weighted by atomic mass is 10.2. The highest BCUT2D eigenvalue weighted by molar-refractivity contribution is 8.31. The van der Waals surface area contributed by atoms with Crippen LogP contribution in [0.2, 0.25) is 10.0 Å². The highest BCUT2D eigenvalue weighted by Gasteiger charge is 2.03. The van der Waals surface area contributed by atoms with Crippen LogP contribution in [-0.4, -0.2) is 10.0 Å². The van der Waals surface area contributed by atoms with Gasteiger partial charge in [0, 0.05) is 5.75 Å². The second-order valence-electron chi connectivity index (χ2n) is 3.04. The fourth-order valence-electron chi connectivity index (χ4n) is 1.16. The van der Waals surface area contributed by atoms with E-state index in [-0.39, 0.29) is 0 Å². The summed E-state index contributed by atoms with van der Waals surface area (Å²) >= 11 is 11.8. The predicted octanol–water partition coefficient (Wildman–Crippen LogP) is 4.06. The number of rotatable bonds is 2. The molecule has 0 unspecified atom stereocenters. The van der Waals surface area contributed by atoms with Crippen molar-refractivity contribution in [3.63, 3.8) is 0 Å². The van der Waals surface area contributed by atoms with E-state index in [2.05, 4.69) is 28.5 Å². The third-order valence-electron chi connectivity index (χ3n) is 2.06. The van der Waals surface area contributed by atoms with Gasteiger partial charge in [-0.3, -0.25) is 0 Å². The van der Waals surface area contributed by atoms with Gasteiger partial charge in [0.25, 0.3) is 0 Å². The first kappa shape index (κ1) is 13.1. The van der Waals surface area contributed by atoms with Crippen molar-refractivity contribution in [2.45, 2.75) is 5.75 Å². The normalized spacial score (nSPS) is 10.1. The quantitative estimate of drug-likeness (QED) is 0.561. The van der Waals surface area contributed by atoms with E-state index in [4.69, 9.17) is 29.6 Å². The van der Waals surface area contributed by atoms with Gasteiger partial charge in [-0.2, -0.15) is 0 Å². The Balaban J connectivity index is 3.27. The van der Waals surface area contributed by atoms with E-state index >= 15 is 0 Å². The third-order valence-corrected chi connectivity index (χ3v) is 4.95. The first-order valence-corrected chi connectivity index (χ1v) is 6.92. The second kappa shape index (κ2) is 5.37. The van der Waals surface area contributed by atoms with E-state index in [1.54, 1.807) is 12.1 Å². The molecule has 3 heteroatoms. The van der Waals surface area contributed by atoms with Crippen LogP contribution in [0.3, 0.4) is 0 Å². The molecule has 0 radical (unpaired) electrons. The summed E-state index contributed by atoms with van der Waals surface area (Å²) in [6.45, 7) is 7.24. The van der Waals surface area contributed by atoms with Crippen LogP contribution < -0.4 is 0 Å². The summed E-state index contributed by atoms with van der Waals surface area (Å²) in [6, 6.07) is 5.41. The van der Waals surface area contributed by atoms with E-state index < -0.39 is 9.21 Å². The standard InChI is InChI=1S/C13H10Cl2S/c1-4-16(5-2,6-3)10-11-7-8-12(14)13(15)9-11/h1,7-9H,2-3,10H2. The largest absolute Gasteiger partial charge is 0.108 e. The van der Waals surface area contributed by atoms with Crippen LogP contribution in [0.25, 0.3) is 0 Å². The summed E-state index contributed by atoms with van der Waals surface area (Å²) in [4.78, 5) is 0. The zero-order valence-electron chi connectivity index (χ0n) is 8.59. The Bertz CT molecular complexity index is 596. The van der Waals surface area contributed by atoms with Crippen LogP contribution in [0, 0.1) is 11.7 Å². The van der Waals surface area contributed by atoms with Gasteiger partial charge in [0.1, 0.15) is 0 Å². The minimum absolute atomic E-state index is 0.512. The molecule has 0 nitrogen and oxygen atoms in total. The molecule has 0 aliphatic rings. The Morgan fingerprint density at radius 2 is 1.81 bits per heavy atom. The van der Waals surface area contributed by atoms with Crippen molar-refractivity contribution in [3.8, 4) is 11.7 Å². The van der Waals surface area contributed by atoms with Gasteiger partial charge < -0.3 is 0 Å². The Labute approximate surface area is 107 Å². The molecule has 0 aliphatic heterocycles. The Hall–Kier alpha value is -0.990. The smallest absolute Gasteiger partial charge is 0.0595 e. The number of hydrogen-bond donors (Lipinski definition) is 0. The zero-order valence-corrected chi connectivity index (χ0v) is 10.9. The molecule has 1 rings (SSSR count). The van der Waals surface area contributed by atoms with E-state index in [9.17, 15) is 0 Å². The van der Waals surface area contributed by atoms with E-state index in [1.807, 2.05) is 6.07 Å². The lowest BCUT2D eigenvalue weighted by molar-refractivity contribution is 1.42. The fourth-order valence-corrected chi connectivity index (χ4v) is 2.71. The van der Waals surface area contributed by atoms with Gasteiger partial charge in [-0.25, -0.2) is 0 Å². The molecular formula is C13H10Cl2S. The van der Waals surface area contributed by atoms with Crippen LogP contribution in [0.1, 0.15) is 5.56 Å². The van der Waals surface area contributed by atoms with Gasteiger partial charge in [-0.15, -0.1) is 6.42 Å². The summed E-state index contributed by atoms with van der Waals surface area (Å²) < 4.78 is 0. The SMILES string of the molecule is C#CS(=C=C)(=C=C)Cc1ccc(Cl)c(Cl)c1. The molecule has 1 aromatic rings. The van der Waals surface area contributed by atoms with Crippen molar-refractivity contribution in [2.24, 2.45) is 0 Å². The number of benzene rings is 1. The first-order chi connectivity index (χ1) is 7.56. The summed E-state index contributed by atoms with van der Waals surface area (Å²) in [5.74, 6) is 0.591. The van der Waals surface area contributed by atoms with Crippen LogP contribution in [-0.2, 0) is 5.75 Å². The highest BCUT2D eigenvalue weighted by atomic mass is 35.5. The monoisotopic (exact) mass is 268 g/mol. The van der Waals surface area contributed by atoms with Crippen LogP contribution in [0.4, 0.5) is 0 Å². The number of halogens is 2. The van der Waals surface area contributed by atoms with E-state index in [0.29, 0.717) is 15.8 Å². The van der Waals surface area contributed by atoms with Gasteiger partial charge in [-0.1, -0.05) is 48.5 Å². The van der Waals surface area contributed by atoms with Gasteiger partial charge in [-0.05, 0) is 36.1 Å². The zero-order chi connectivity index (χ0) is 12.2. The van der Waals surface area contributed by atoms with E-state index in [1.165, 1.54) is 0 Å². The summed E-state index contributed by atoms with van der Waals surface area (Å²) in [5.41, 5.74) is 0.981. The molecule has 0 saturated heterocycles. The van der Waals surface area contributed by atoms with Crippen molar-refractivity contribution in [1.82, 2.24) is 0 Å². The maximum atomic E-state index is 5.93. The average molecular weight is 269 g/mol. The summed E-state index contributed by atoms with van der Waals surface area (Å²) in [6.07, 6.45) is 5.47. The second-order valence-corrected chi connectivity index (χ2v) is 6.43. The molecule has 0 spiro atoms. The molecule has 0 heterocycles. The van der Waals surface area contributed by atoms with Crippen LogP contribution >= 0.6 is 32.4 Å². The first-order valence-electron chi connectivity index (χ1n) is 4.37. The molecular weight excluding hydrogens is 259 g/mol. The maximum absolute atomic E-state index is 5.93. The Morgan fingerprint density at radius 3 is 2.25 bits per heavy atom. The molecule has 0 bridgehead atoms. The number of hydrogen-bond acceptors (Lipinski definition) is 0. The number of terminal acetylenes is 1. The topological polar surface area (TPSA) is 0 Å². The Kier molecular flexibility index (Phi) is 4.39. The molecule has 0 fully saturated rings. The van der Waals surface area contributed by atoms with E-state index in [0.717, 1.165) is 5.56 Å². The van der Waals surface area contributed by atoms with Gasteiger partial charge in [0.05, 0.1) is 10.0 Å². The van der Waals surface area contributed by atoms with Crippen molar-refractivity contribution in [1.29, 1.82) is 0 Å². The molecule has 0 amide bonds. The Morgan fingerprint density at radius 1 is 1.19 bits per heavy atom. The van der Waals surface area contributed by atoms with Crippen molar-refractivity contribution < 1.29 is 0 Å². The van der Waals surface area contributed by atoms with Gasteiger partial charge in [0.2, 0.25) is 0 Å². The highest BCUT2D eigenvalue weighted by Crippen LogP contribution is 2.29. The predicted molar refractivity (Wildman–Crippen MR) is 77.9 cm³/mol. The molecule has 0 N–H and O–H groups in total.